The lowest BCUT2D eigenvalue weighted by atomic mass is 9.81. The van der Waals surface area contributed by atoms with Crippen molar-refractivity contribution >= 4 is 12.0 Å². The Morgan fingerprint density at radius 3 is 2.33 bits per heavy atom. The molecule has 1 aliphatic heterocycles. The maximum absolute atomic E-state index is 12.2. The van der Waals surface area contributed by atoms with E-state index in [1.165, 1.54) is 37.0 Å². The highest BCUT2D eigenvalue weighted by molar-refractivity contribution is 5.83. The van der Waals surface area contributed by atoms with Crippen LogP contribution in [0.5, 0.6) is 0 Å². The normalized spacial score (nSPS) is 33.0. The Kier molecular flexibility index (Phi) is 5.48. The molecule has 1 aliphatic carbocycles. The van der Waals surface area contributed by atoms with Crippen LogP contribution in [0.25, 0.3) is 0 Å². The quantitative estimate of drug-likeness (QED) is 0.838. The van der Waals surface area contributed by atoms with Crippen molar-refractivity contribution < 1.29 is 14.7 Å². The predicted octanol–water partition coefficient (Wildman–Crippen LogP) is 2.71. The number of urea groups is 1. The van der Waals surface area contributed by atoms with Crippen molar-refractivity contribution in [2.45, 2.75) is 58.4 Å². The largest absolute Gasteiger partial charge is 0.480 e. The van der Waals surface area contributed by atoms with Crippen molar-refractivity contribution in [2.24, 2.45) is 17.8 Å². The van der Waals surface area contributed by atoms with Crippen LogP contribution in [0.2, 0.25) is 0 Å². The van der Waals surface area contributed by atoms with Gasteiger partial charge in [-0.15, -0.1) is 0 Å². The predicted molar refractivity (Wildman–Crippen MR) is 81.0 cm³/mol. The van der Waals surface area contributed by atoms with Gasteiger partial charge in [-0.25, -0.2) is 9.59 Å². The van der Waals surface area contributed by atoms with Gasteiger partial charge in [0.25, 0.3) is 0 Å². The molecule has 2 unspecified atom stereocenters. The molecule has 1 heterocycles. The zero-order valence-electron chi connectivity index (χ0n) is 13.2. The minimum absolute atomic E-state index is 0.0354. The van der Waals surface area contributed by atoms with Crippen LogP contribution in [0.3, 0.4) is 0 Å². The number of carbonyl (C=O) groups excluding carboxylic acids is 1. The van der Waals surface area contributed by atoms with E-state index in [4.69, 9.17) is 0 Å². The van der Waals surface area contributed by atoms with Gasteiger partial charge in [-0.2, -0.15) is 0 Å². The molecule has 0 aromatic rings. The number of hydrogen-bond donors (Lipinski definition) is 2. The molecular weight excluding hydrogens is 268 g/mol. The van der Waals surface area contributed by atoms with Crippen LogP contribution < -0.4 is 5.32 Å². The highest BCUT2D eigenvalue weighted by Crippen LogP contribution is 2.30. The molecule has 2 atom stereocenters. The fourth-order valence-electron chi connectivity index (χ4n) is 3.73. The summed E-state index contributed by atoms with van der Waals surface area (Å²) in [5.74, 6) is 0.555. The molecule has 2 N–H and O–H groups in total. The van der Waals surface area contributed by atoms with Gasteiger partial charge in [0.05, 0.1) is 0 Å². The second kappa shape index (κ2) is 7.14. The van der Waals surface area contributed by atoms with Crippen molar-refractivity contribution in [2.75, 3.05) is 13.1 Å². The van der Waals surface area contributed by atoms with Crippen molar-refractivity contribution in [3.63, 3.8) is 0 Å². The molecule has 2 aliphatic rings. The van der Waals surface area contributed by atoms with Crippen LogP contribution in [0, 0.1) is 17.8 Å². The summed E-state index contributed by atoms with van der Waals surface area (Å²) in [7, 11) is 0. The molecule has 0 aromatic heterocycles. The number of nitrogens with one attached hydrogen (secondary N) is 1. The lowest BCUT2D eigenvalue weighted by Crippen LogP contribution is -2.48. The molecule has 0 bridgehead atoms. The summed E-state index contributed by atoms with van der Waals surface area (Å²) in [4.78, 5) is 25.0. The number of likely N-dealkylation sites (tertiary alicyclic amines) is 1. The van der Waals surface area contributed by atoms with E-state index >= 15 is 0 Å². The summed E-state index contributed by atoms with van der Waals surface area (Å²) in [6.45, 7) is 5.38. The highest BCUT2D eigenvalue weighted by atomic mass is 16.4. The van der Waals surface area contributed by atoms with Gasteiger partial charge < -0.3 is 15.3 Å². The first-order chi connectivity index (χ1) is 10.0. The first-order valence-corrected chi connectivity index (χ1v) is 8.30. The summed E-state index contributed by atoms with van der Waals surface area (Å²) in [5.41, 5.74) is 0. The smallest absolute Gasteiger partial charge is 0.326 e. The fraction of sp³-hybridized carbons (Fsp3) is 0.875. The molecule has 5 nitrogen and oxygen atoms in total. The monoisotopic (exact) mass is 296 g/mol. The van der Waals surface area contributed by atoms with Gasteiger partial charge >= 0.3 is 12.0 Å². The summed E-state index contributed by atoms with van der Waals surface area (Å²) in [6.07, 6.45) is 6.90. The average Bonchev–Trinajstić information content (AvgIpc) is 2.87. The first kappa shape index (κ1) is 16.1. The molecule has 2 fully saturated rings. The Labute approximate surface area is 127 Å². The number of hydrogen-bond acceptors (Lipinski definition) is 2. The van der Waals surface area contributed by atoms with Gasteiger partial charge in [-0.05, 0) is 37.0 Å². The minimum Gasteiger partial charge on any atom is -0.480 e. The molecule has 5 heteroatoms. The van der Waals surface area contributed by atoms with Gasteiger partial charge in [0.15, 0.2) is 0 Å². The maximum Gasteiger partial charge on any atom is 0.326 e. The van der Waals surface area contributed by atoms with E-state index in [1.807, 2.05) is 6.92 Å². The molecule has 1 saturated carbocycles. The molecule has 21 heavy (non-hydrogen) atoms. The molecule has 2 rings (SSSR count). The number of carbonyl (C=O) groups is 2. The Balaban J connectivity index is 1.78. The third-order valence-electron chi connectivity index (χ3n) is 5.30. The third kappa shape index (κ3) is 3.89. The van der Waals surface area contributed by atoms with Gasteiger partial charge in [-0.1, -0.05) is 33.1 Å². The lowest BCUT2D eigenvalue weighted by molar-refractivity contribution is -0.142. The van der Waals surface area contributed by atoms with Crippen LogP contribution in [-0.4, -0.2) is 41.1 Å². The minimum atomic E-state index is -0.890. The molecule has 0 radical (unpaired) electrons. The van der Waals surface area contributed by atoms with E-state index in [9.17, 15) is 14.7 Å². The van der Waals surface area contributed by atoms with Crippen molar-refractivity contribution in [3.8, 4) is 0 Å². The summed E-state index contributed by atoms with van der Waals surface area (Å²) >= 11 is 0. The Hall–Kier alpha value is -1.26. The SMILES string of the molecule is CCC1CCC(CNC(=O)N2CCC(C)C2C(=O)O)CC1. The molecule has 0 aromatic carbocycles. The van der Waals surface area contributed by atoms with E-state index in [-0.39, 0.29) is 11.9 Å². The number of carboxylic acids is 1. The lowest BCUT2D eigenvalue weighted by Gasteiger charge is -2.29. The Morgan fingerprint density at radius 2 is 1.76 bits per heavy atom. The molecule has 2 amide bonds. The second-order valence-corrected chi connectivity index (χ2v) is 6.72. The van der Waals surface area contributed by atoms with Gasteiger partial charge in [-0.3, -0.25) is 0 Å². The van der Waals surface area contributed by atoms with E-state index < -0.39 is 12.0 Å². The molecule has 1 saturated heterocycles. The first-order valence-electron chi connectivity index (χ1n) is 8.30. The topological polar surface area (TPSA) is 69.6 Å². The van der Waals surface area contributed by atoms with E-state index in [0.29, 0.717) is 19.0 Å². The highest BCUT2D eigenvalue weighted by Gasteiger charge is 2.39. The number of amides is 2. The van der Waals surface area contributed by atoms with Gasteiger partial charge in [0.2, 0.25) is 0 Å². The number of nitrogens with zero attached hydrogens (tertiary/aromatic N) is 1. The Morgan fingerprint density at radius 1 is 1.14 bits per heavy atom. The van der Waals surface area contributed by atoms with Crippen LogP contribution >= 0.6 is 0 Å². The van der Waals surface area contributed by atoms with Crippen molar-refractivity contribution in [3.05, 3.63) is 0 Å². The molecule has 0 spiro atoms. The van der Waals surface area contributed by atoms with Crippen LogP contribution in [0.4, 0.5) is 4.79 Å². The van der Waals surface area contributed by atoms with Gasteiger partial charge in [0, 0.05) is 13.1 Å². The van der Waals surface area contributed by atoms with Crippen molar-refractivity contribution in [1.82, 2.24) is 10.2 Å². The Bertz CT molecular complexity index is 378. The van der Waals surface area contributed by atoms with E-state index in [2.05, 4.69) is 12.2 Å². The molecule has 120 valence electrons. The van der Waals surface area contributed by atoms with Gasteiger partial charge in [0.1, 0.15) is 6.04 Å². The zero-order chi connectivity index (χ0) is 15.4. The average molecular weight is 296 g/mol. The summed E-state index contributed by atoms with van der Waals surface area (Å²) in [6, 6.07) is -0.870. The van der Waals surface area contributed by atoms with Crippen molar-refractivity contribution in [1.29, 1.82) is 0 Å². The number of aliphatic carboxylic acids is 1. The van der Waals surface area contributed by atoms with E-state index in [0.717, 1.165) is 12.3 Å². The standard InChI is InChI=1S/C16H28N2O3/c1-3-12-4-6-13(7-5-12)10-17-16(21)18-9-8-11(2)14(18)15(19)20/h11-14H,3-10H2,1-2H3,(H,17,21)(H,19,20). The second-order valence-electron chi connectivity index (χ2n) is 6.72. The maximum atomic E-state index is 12.2. The number of carboxylic acid groups (broad SMARTS) is 1. The van der Waals surface area contributed by atoms with Crippen LogP contribution in [0.15, 0.2) is 0 Å². The fourth-order valence-corrected chi connectivity index (χ4v) is 3.73. The van der Waals surface area contributed by atoms with E-state index in [1.54, 1.807) is 0 Å². The van der Waals surface area contributed by atoms with Crippen LogP contribution in [-0.2, 0) is 4.79 Å². The van der Waals surface area contributed by atoms with Crippen LogP contribution in [0.1, 0.15) is 52.4 Å². The number of rotatable bonds is 4. The third-order valence-corrected chi connectivity index (χ3v) is 5.30. The summed E-state index contributed by atoms with van der Waals surface area (Å²) < 4.78 is 0. The zero-order valence-corrected chi connectivity index (χ0v) is 13.2. The summed E-state index contributed by atoms with van der Waals surface area (Å²) in [5, 5.41) is 12.2. The molecular formula is C16H28N2O3.